The highest BCUT2D eigenvalue weighted by atomic mass is 19.1. The van der Waals surface area contributed by atoms with E-state index in [1.807, 2.05) is 31.3 Å². The van der Waals surface area contributed by atoms with Gasteiger partial charge in [-0.2, -0.15) is 0 Å². The SMILES string of the molecule is CNC(c1ccccc1F)c1ccc(C)c2ccccc12. The quantitative estimate of drug-likeness (QED) is 0.739. The van der Waals surface area contributed by atoms with Crippen molar-refractivity contribution in [3.05, 3.63) is 83.2 Å². The van der Waals surface area contributed by atoms with Crippen LogP contribution in [0, 0.1) is 12.7 Å². The molecule has 0 saturated heterocycles. The molecule has 0 radical (unpaired) electrons. The van der Waals surface area contributed by atoms with Gasteiger partial charge in [0.15, 0.2) is 0 Å². The van der Waals surface area contributed by atoms with Crippen LogP contribution in [-0.4, -0.2) is 7.05 Å². The third-order valence-electron chi connectivity index (χ3n) is 3.99. The lowest BCUT2D eigenvalue weighted by molar-refractivity contribution is 0.577. The van der Waals surface area contributed by atoms with Crippen molar-refractivity contribution >= 4 is 10.8 Å². The van der Waals surface area contributed by atoms with Crippen LogP contribution in [0.25, 0.3) is 10.8 Å². The number of nitrogens with one attached hydrogen (secondary N) is 1. The van der Waals surface area contributed by atoms with Gasteiger partial charge in [0, 0.05) is 5.56 Å². The second-order valence-corrected chi connectivity index (χ2v) is 5.26. The minimum absolute atomic E-state index is 0.156. The lowest BCUT2D eigenvalue weighted by Crippen LogP contribution is -2.19. The van der Waals surface area contributed by atoms with Gasteiger partial charge in [0.05, 0.1) is 6.04 Å². The van der Waals surface area contributed by atoms with Crippen molar-refractivity contribution < 1.29 is 4.39 Å². The van der Waals surface area contributed by atoms with Crippen molar-refractivity contribution in [3.63, 3.8) is 0 Å². The fourth-order valence-electron chi connectivity index (χ4n) is 2.91. The molecule has 0 aliphatic rings. The molecule has 1 N–H and O–H groups in total. The van der Waals surface area contributed by atoms with Crippen LogP contribution in [0.15, 0.2) is 60.7 Å². The third kappa shape index (κ3) is 2.43. The summed E-state index contributed by atoms with van der Waals surface area (Å²) in [4.78, 5) is 0. The first kappa shape index (κ1) is 13.8. The van der Waals surface area contributed by atoms with Crippen LogP contribution in [0.1, 0.15) is 22.7 Å². The molecule has 106 valence electrons. The van der Waals surface area contributed by atoms with E-state index in [0.29, 0.717) is 5.56 Å². The Morgan fingerprint density at radius 2 is 1.48 bits per heavy atom. The molecule has 2 heteroatoms. The smallest absolute Gasteiger partial charge is 0.128 e. The molecule has 0 spiro atoms. The van der Waals surface area contributed by atoms with Gasteiger partial charge in [0.1, 0.15) is 5.82 Å². The molecule has 1 atom stereocenters. The summed E-state index contributed by atoms with van der Waals surface area (Å²) in [5, 5.41) is 5.63. The Bertz CT molecular complexity index is 779. The molecule has 21 heavy (non-hydrogen) atoms. The largest absolute Gasteiger partial charge is 0.309 e. The van der Waals surface area contributed by atoms with E-state index in [4.69, 9.17) is 0 Å². The first-order chi connectivity index (χ1) is 10.2. The fourth-order valence-corrected chi connectivity index (χ4v) is 2.91. The molecule has 0 bridgehead atoms. The number of benzene rings is 3. The molecule has 0 fully saturated rings. The number of halogens is 1. The maximum absolute atomic E-state index is 14.2. The van der Waals surface area contributed by atoms with E-state index in [-0.39, 0.29) is 11.9 Å². The molecule has 0 aromatic heterocycles. The molecule has 0 amide bonds. The summed E-state index contributed by atoms with van der Waals surface area (Å²) in [5.74, 6) is -0.179. The number of rotatable bonds is 3. The van der Waals surface area contributed by atoms with Crippen molar-refractivity contribution in [2.24, 2.45) is 0 Å². The van der Waals surface area contributed by atoms with E-state index in [2.05, 4.69) is 36.5 Å². The number of hydrogen-bond acceptors (Lipinski definition) is 1. The Hall–Kier alpha value is -2.19. The van der Waals surface area contributed by atoms with E-state index in [1.165, 1.54) is 22.4 Å². The third-order valence-corrected chi connectivity index (χ3v) is 3.99. The molecule has 1 unspecified atom stereocenters. The van der Waals surface area contributed by atoms with Crippen LogP contribution in [0.3, 0.4) is 0 Å². The monoisotopic (exact) mass is 279 g/mol. The fraction of sp³-hybridized carbons (Fsp3) is 0.158. The standard InChI is InChI=1S/C19H18FN/c1-13-11-12-16(15-8-4-3-7-14(13)15)19(21-2)17-9-5-6-10-18(17)20/h3-12,19,21H,1-2H3. The average Bonchev–Trinajstić information content (AvgIpc) is 2.52. The number of hydrogen-bond donors (Lipinski definition) is 1. The second-order valence-electron chi connectivity index (χ2n) is 5.26. The lowest BCUT2D eigenvalue weighted by atomic mass is 9.92. The highest BCUT2D eigenvalue weighted by Gasteiger charge is 2.18. The Morgan fingerprint density at radius 3 is 2.19 bits per heavy atom. The van der Waals surface area contributed by atoms with Crippen LogP contribution in [0.4, 0.5) is 4.39 Å². The molecule has 0 heterocycles. The zero-order valence-electron chi connectivity index (χ0n) is 12.2. The van der Waals surface area contributed by atoms with Crippen LogP contribution in [0.5, 0.6) is 0 Å². The van der Waals surface area contributed by atoms with Gasteiger partial charge >= 0.3 is 0 Å². The molecule has 0 saturated carbocycles. The molecule has 3 aromatic carbocycles. The number of aryl methyl sites for hydroxylation is 1. The van der Waals surface area contributed by atoms with Gasteiger partial charge in [-0.25, -0.2) is 4.39 Å². The Labute approximate surface area is 124 Å². The maximum Gasteiger partial charge on any atom is 0.128 e. The Kier molecular flexibility index (Phi) is 3.72. The summed E-state index contributed by atoms with van der Waals surface area (Å²) in [7, 11) is 1.87. The summed E-state index contributed by atoms with van der Waals surface area (Å²) >= 11 is 0. The lowest BCUT2D eigenvalue weighted by Gasteiger charge is -2.20. The van der Waals surface area contributed by atoms with Crippen molar-refractivity contribution in [3.8, 4) is 0 Å². The molecule has 3 aromatic rings. The van der Waals surface area contributed by atoms with Gasteiger partial charge in [-0.05, 0) is 41.9 Å². The van der Waals surface area contributed by atoms with Gasteiger partial charge < -0.3 is 5.32 Å². The van der Waals surface area contributed by atoms with Gasteiger partial charge in [0.25, 0.3) is 0 Å². The molecule has 0 aliphatic heterocycles. The van der Waals surface area contributed by atoms with Gasteiger partial charge in [-0.3, -0.25) is 0 Å². The minimum atomic E-state index is -0.179. The first-order valence-corrected chi connectivity index (χ1v) is 7.12. The van der Waals surface area contributed by atoms with Crippen molar-refractivity contribution in [1.29, 1.82) is 0 Å². The van der Waals surface area contributed by atoms with Crippen LogP contribution in [0.2, 0.25) is 0 Å². The summed E-state index contributed by atoms with van der Waals surface area (Å²) < 4.78 is 14.2. The van der Waals surface area contributed by atoms with Crippen molar-refractivity contribution in [2.45, 2.75) is 13.0 Å². The second kappa shape index (κ2) is 5.66. The van der Waals surface area contributed by atoms with Gasteiger partial charge in [-0.1, -0.05) is 54.6 Å². The van der Waals surface area contributed by atoms with E-state index >= 15 is 0 Å². The van der Waals surface area contributed by atoms with E-state index < -0.39 is 0 Å². The minimum Gasteiger partial charge on any atom is -0.309 e. The summed E-state index contributed by atoms with van der Waals surface area (Å²) in [5.41, 5.74) is 3.01. The van der Waals surface area contributed by atoms with Crippen molar-refractivity contribution in [2.75, 3.05) is 7.05 Å². The Balaban J connectivity index is 2.23. The molecular weight excluding hydrogens is 261 g/mol. The van der Waals surface area contributed by atoms with Crippen LogP contribution < -0.4 is 5.32 Å². The van der Waals surface area contributed by atoms with Gasteiger partial charge in [-0.15, -0.1) is 0 Å². The van der Waals surface area contributed by atoms with E-state index in [9.17, 15) is 4.39 Å². The molecule has 1 nitrogen and oxygen atoms in total. The van der Waals surface area contributed by atoms with E-state index in [1.54, 1.807) is 6.07 Å². The summed E-state index contributed by atoms with van der Waals surface area (Å²) in [6.07, 6.45) is 0. The van der Waals surface area contributed by atoms with Crippen LogP contribution >= 0.6 is 0 Å². The average molecular weight is 279 g/mol. The first-order valence-electron chi connectivity index (χ1n) is 7.12. The Morgan fingerprint density at radius 1 is 0.810 bits per heavy atom. The predicted molar refractivity (Wildman–Crippen MR) is 86.0 cm³/mol. The maximum atomic E-state index is 14.2. The summed E-state index contributed by atoms with van der Waals surface area (Å²) in [6, 6.07) is 19.3. The molecule has 0 aliphatic carbocycles. The normalized spacial score (nSPS) is 12.5. The van der Waals surface area contributed by atoms with Gasteiger partial charge in [0.2, 0.25) is 0 Å². The number of fused-ring (bicyclic) bond motifs is 1. The van der Waals surface area contributed by atoms with Crippen molar-refractivity contribution in [1.82, 2.24) is 5.32 Å². The van der Waals surface area contributed by atoms with Crippen LogP contribution in [-0.2, 0) is 0 Å². The molecular formula is C19H18FN. The predicted octanol–water partition coefficient (Wildman–Crippen LogP) is 4.60. The topological polar surface area (TPSA) is 12.0 Å². The van der Waals surface area contributed by atoms with E-state index in [0.717, 1.165) is 5.56 Å². The summed E-state index contributed by atoms with van der Waals surface area (Å²) in [6.45, 7) is 2.10. The zero-order valence-corrected chi connectivity index (χ0v) is 12.2. The molecule has 3 rings (SSSR count). The highest BCUT2D eigenvalue weighted by molar-refractivity contribution is 5.89. The highest BCUT2D eigenvalue weighted by Crippen LogP contribution is 2.31. The zero-order chi connectivity index (χ0) is 14.8.